The number of nitrogens with one attached hydrogen (secondary N) is 1. The maximum Gasteiger partial charge on any atom is 0.305 e. The molecule has 0 rings (SSSR count). The topological polar surface area (TPSA) is 86.3 Å². The molecule has 5 nitrogen and oxygen atoms in total. The molecule has 0 saturated carbocycles. The van der Waals surface area contributed by atoms with E-state index in [4.69, 9.17) is 0 Å². The number of hydrogen-bond acceptors (Lipinski definition) is 3. The van der Waals surface area contributed by atoms with E-state index in [2.05, 4.69) is 22.3 Å². The number of rotatable bonds is 9. The van der Waals surface area contributed by atoms with E-state index in [9.17, 15) is 8.42 Å². The van der Waals surface area contributed by atoms with Crippen molar-refractivity contribution in [2.45, 2.75) is 45.4 Å². The van der Waals surface area contributed by atoms with Crippen molar-refractivity contribution in [2.24, 2.45) is 5.14 Å². The number of unbranched alkanes of at least 4 members (excludes halogenated alkanes) is 5. The molecule has 14 heavy (non-hydrogen) atoms. The van der Waals surface area contributed by atoms with E-state index in [1.54, 1.807) is 0 Å². The molecule has 0 aliphatic heterocycles. The fourth-order valence-corrected chi connectivity index (χ4v) is 1.39. The summed E-state index contributed by atoms with van der Waals surface area (Å²) >= 11 is 0. The van der Waals surface area contributed by atoms with Crippen LogP contribution in [0, 0.1) is 0 Å². The van der Waals surface area contributed by atoms with E-state index >= 15 is 0 Å². The molecule has 0 bridgehead atoms. The predicted octanol–water partition coefficient (Wildman–Crippen LogP) is 0.659. The molecule has 0 aromatic rings. The molecular formula is C8H20N3O2S. The Hall–Kier alpha value is -0.170. The van der Waals surface area contributed by atoms with Gasteiger partial charge in [-0.05, 0) is 11.3 Å². The van der Waals surface area contributed by atoms with Crippen LogP contribution in [0.5, 0.6) is 0 Å². The Kier molecular flexibility index (Phi) is 8.07. The molecule has 0 amide bonds. The minimum Gasteiger partial charge on any atom is -0.224 e. The minimum absolute atomic E-state index is 0.572. The lowest BCUT2D eigenvalue weighted by molar-refractivity contribution is 0.530. The van der Waals surface area contributed by atoms with Gasteiger partial charge in [-0.15, -0.1) is 0 Å². The Balaban J connectivity index is 3.07. The van der Waals surface area contributed by atoms with Crippen LogP contribution in [0.25, 0.3) is 0 Å². The van der Waals surface area contributed by atoms with Gasteiger partial charge < -0.3 is 0 Å². The molecule has 0 fully saturated rings. The van der Waals surface area contributed by atoms with Crippen molar-refractivity contribution in [3.8, 4) is 0 Å². The Bertz CT molecular complexity index is 217. The summed E-state index contributed by atoms with van der Waals surface area (Å²) in [5.74, 6) is 0. The number of nitrogens with zero attached hydrogens (tertiary/aromatic N) is 1. The zero-order valence-corrected chi connectivity index (χ0v) is 9.52. The van der Waals surface area contributed by atoms with Crippen molar-refractivity contribution in [3.05, 3.63) is 0 Å². The Labute approximate surface area is 86.6 Å². The van der Waals surface area contributed by atoms with E-state index in [0.29, 0.717) is 6.54 Å². The maximum atomic E-state index is 10.4. The van der Waals surface area contributed by atoms with Gasteiger partial charge in [-0.3, -0.25) is 0 Å². The molecule has 0 atom stereocenters. The van der Waals surface area contributed by atoms with Crippen LogP contribution in [0.2, 0.25) is 0 Å². The first-order valence-corrected chi connectivity index (χ1v) is 6.54. The maximum absolute atomic E-state index is 10.4. The van der Waals surface area contributed by atoms with Crippen LogP contribution in [0.4, 0.5) is 0 Å². The molecule has 0 spiro atoms. The van der Waals surface area contributed by atoms with Gasteiger partial charge in [0, 0.05) is 6.54 Å². The summed E-state index contributed by atoms with van der Waals surface area (Å²) < 4.78 is 20.7. The highest BCUT2D eigenvalue weighted by atomic mass is 32.2. The van der Waals surface area contributed by atoms with Gasteiger partial charge in [-0.25, -0.2) is 10.6 Å². The number of hydrogen-bond donors (Lipinski definition) is 2. The average molecular weight is 222 g/mol. The fraction of sp³-hybridized carbons (Fsp3) is 1.00. The van der Waals surface area contributed by atoms with Crippen LogP contribution in [-0.4, -0.2) is 15.0 Å². The van der Waals surface area contributed by atoms with E-state index in [1.165, 1.54) is 25.7 Å². The van der Waals surface area contributed by atoms with Crippen molar-refractivity contribution < 1.29 is 8.42 Å². The van der Waals surface area contributed by atoms with Gasteiger partial charge in [0.05, 0.1) is 0 Å². The van der Waals surface area contributed by atoms with Gasteiger partial charge in [0.1, 0.15) is 0 Å². The Morgan fingerprint density at radius 1 is 1.14 bits per heavy atom. The summed E-state index contributed by atoms with van der Waals surface area (Å²) in [6.45, 7) is 2.75. The summed E-state index contributed by atoms with van der Waals surface area (Å²) in [7, 11) is -3.71. The van der Waals surface area contributed by atoms with Crippen molar-refractivity contribution in [1.82, 2.24) is 10.3 Å². The lowest BCUT2D eigenvalue weighted by atomic mass is 10.1. The van der Waals surface area contributed by atoms with Crippen molar-refractivity contribution in [1.29, 1.82) is 0 Å². The van der Waals surface area contributed by atoms with Gasteiger partial charge in [0.15, 0.2) is 0 Å². The third-order valence-corrected chi connectivity index (χ3v) is 2.22. The summed E-state index contributed by atoms with van der Waals surface area (Å²) in [6.07, 6.45) is 7.00. The largest absolute Gasteiger partial charge is 0.305 e. The SMILES string of the molecule is CCCCCCCCN[N]S(N)(=O)=O. The lowest BCUT2D eigenvalue weighted by Gasteiger charge is -2.01. The molecular weight excluding hydrogens is 202 g/mol. The Morgan fingerprint density at radius 2 is 1.71 bits per heavy atom. The van der Waals surface area contributed by atoms with Crippen LogP contribution in [-0.2, 0) is 10.2 Å². The first-order valence-electron chi connectivity index (χ1n) is 5.04. The molecule has 0 aromatic carbocycles. The number of nitrogens with two attached hydrogens (primary N) is 1. The quantitative estimate of drug-likeness (QED) is 0.444. The molecule has 1 radical (unpaired) electrons. The second kappa shape index (κ2) is 8.16. The van der Waals surface area contributed by atoms with Gasteiger partial charge in [-0.1, -0.05) is 39.0 Å². The van der Waals surface area contributed by atoms with Crippen LogP contribution < -0.4 is 15.4 Å². The molecule has 0 heterocycles. The molecule has 0 unspecified atom stereocenters. The third-order valence-electron chi connectivity index (χ3n) is 1.83. The van der Waals surface area contributed by atoms with Crippen LogP contribution in [0.15, 0.2) is 0 Å². The summed E-state index contributed by atoms with van der Waals surface area (Å²) in [5, 5.41) is 4.66. The second-order valence-electron chi connectivity index (χ2n) is 3.28. The monoisotopic (exact) mass is 222 g/mol. The van der Waals surface area contributed by atoms with E-state index in [-0.39, 0.29) is 0 Å². The predicted molar refractivity (Wildman–Crippen MR) is 56.6 cm³/mol. The third kappa shape index (κ3) is 11.8. The zero-order chi connectivity index (χ0) is 10.9. The lowest BCUT2D eigenvalue weighted by Crippen LogP contribution is -2.35. The molecule has 85 valence electrons. The fourth-order valence-electron chi connectivity index (χ4n) is 1.12. The smallest absolute Gasteiger partial charge is 0.224 e. The first-order chi connectivity index (χ1) is 6.56. The highest BCUT2D eigenvalue weighted by Gasteiger charge is 2.00. The normalized spacial score (nSPS) is 11.9. The van der Waals surface area contributed by atoms with Crippen LogP contribution in [0.3, 0.4) is 0 Å². The average Bonchev–Trinajstić information content (AvgIpc) is 2.08. The molecule has 3 N–H and O–H groups in total. The van der Waals surface area contributed by atoms with E-state index < -0.39 is 10.2 Å². The van der Waals surface area contributed by atoms with Crippen LogP contribution in [0.1, 0.15) is 45.4 Å². The van der Waals surface area contributed by atoms with Gasteiger partial charge in [-0.2, -0.15) is 8.42 Å². The Morgan fingerprint density at radius 3 is 2.29 bits per heavy atom. The van der Waals surface area contributed by atoms with Crippen molar-refractivity contribution in [3.63, 3.8) is 0 Å². The molecule has 0 aromatic heterocycles. The standard InChI is InChI=1S/C8H20N3O2S/c1-2-3-4-5-6-7-8-10-11-14(9,12)13/h10H,2-8H2,1H3,(H2,9,12,13). The van der Waals surface area contributed by atoms with Crippen molar-refractivity contribution in [2.75, 3.05) is 6.54 Å². The molecule has 6 heteroatoms. The second-order valence-corrected chi connectivity index (χ2v) is 4.49. The van der Waals surface area contributed by atoms with E-state index in [0.717, 1.165) is 12.8 Å². The summed E-state index contributed by atoms with van der Waals surface area (Å²) in [5.41, 5.74) is 2.43. The van der Waals surface area contributed by atoms with Gasteiger partial charge in [0.25, 0.3) is 0 Å². The molecule has 0 saturated heterocycles. The summed E-state index contributed by atoms with van der Waals surface area (Å²) in [6, 6.07) is 0. The highest BCUT2D eigenvalue weighted by molar-refractivity contribution is 7.87. The van der Waals surface area contributed by atoms with Crippen LogP contribution >= 0.6 is 0 Å². The summed E-state index contributed by atoms with van der Waals surface area (Å²) in [4.78, 5) is 3.09. The van der Waals surface area contributed by atoms with E-state index in [1.807, 2.05) is 0 Å². The minimum atomic E-state index is -3.71. The highest BCUT2D eigenvalue weighted by Crippen LogP contribution is 2.03. The van der Waals surface area contributed by atoms with Gasteiger partial charge >= 0.3 is 10.2 Å². The zero-order valence-electron chi connectivity index (χ0n) is 8.70. The first kappa shape index (κ1) is 13.8. The van der Waals surface area contributed by atoms with Gasteiger partial charge in [0.2, 0.25) is 0 Å². The molecule has 0 aliphatic rings. The molecule has 0 aliphatic carbocycles. The van der Waals surface area contributed by atoms with Crippen molar-refractivity contribution >= 4 is 10.2 Å².